The highest BCUT2D eigenvalue weighted by molar-refractivity contribution is 5.90. The predicted molar refractivity (Wildman–Crippen MR) is 110 cm³/mol. The molecule has 1 saturated heterocycles. The van der Waals surface area contributed by atoms with Gasteiger partial charge in [0.1, 0.15) is 11.6 Å². The van der Waals surface area contributed by atoms with Gasteiger partial charge >= 0.3 is 6.03 Å². The molecule has 0 aromatic heterocycles. The maximum atomic E-state index is 14.0. The van der Waals surface area contributed by atoms with Crippen LogP contribution in [0.1, 0.15) is 37.3 Å². The van der Waals surface area contributed by atoms with Crippen molar-refractivity contribution in [1.29, 1.82) is 0 Å². The molecule has 2 aromatic rings. The van der Waals surface area contributed by atoms with Gasteiger partial charge in [-0.05, 0) is 49.3 Å². The lowest BCUT2D eigenvalue weighted by atomic mass is 9.88. The van der Waals surface area contributed by atoms with E-state index in [-0.39, 0.29) is 30.1 Å². The first kappa shape index (κ1) is 20.3. The highest BCUT2D eigenvalue weighted by Crippen LogP contribution is 2.34. The zero-order chi connectivity index (χ0) is 21.1. The quantitative estimate of drug-likeness (QED) is 0.760. The Balaban J connectivity index is 1.51. The van der Waals surface area contributed by atoms with Crippen LogP contribution in [0.2, 0.25) is 0 Å². The lowest BCUT2D eigenvalue weighted by molar-refractivity contribution is -0.126. The number of halogens is 2. The first-order valence-electron chi connectivity index (χ1n) is 10.4. The molecule has 2 aliphatic rings. The van der Waals surface area contributed by atoms with E-state index in [2.05, 4.69) is 10.6 Å². The molecule has 5 nitrogen and oxygen atoms in total. The number of carbonyl (C=O) groups is 2. The summed E-state index contributed by atoms with van der Waals surface area (Å²) in [5.74, 6) is -1.32. The van der Waals surface area contributed by atoms with E-state index in [0.29, 0.717) is 25.3 Å². The van der Waals surface area contributed by atoms with Crippen LogP contribution in [0.5, 0.6) is 0 Å². The summed E-state index contributed by atoms with van der Waals surface area (Å²) in [7, 11) is 0. The lowest BCUT2D eigenvalue weighted by Gasteiger charge is -2.39. The topological polar surface area (TPSA) is 61.4 Å². The highest BCUT2D eigenvalue weighted by Gasteiger charge is 2.36. The van der Waals surface area contributed by atoms with Gasteiger partial charge in [0.2, 0.25) is 5.91 Å². The van der Waals surface area contributed by atoms with E-state index in [1.807, 2.05) is 30.3 Å². The van der Waals surface area contributed by atoms with Crippen LogP contribution in [-0.4, -0.2) is 29.9 Å². The fraction of sp³-hybridized carbons (Fsp3) is 0.391. The third-order valence-electron chi connectivity index (χ3n) is 5.83. The van der Waals surface area contributed by atoms with Crippen molar-refractivity contribution in [3.63, 3.8) is 0 Å². The van der Waals surface area contributed by atoms with Crippen molar-refractivity contribution in [2.24, 2.45) is 11.8 Å². The molecule has 7 heteroatoms. The Morgan fingerprint density at radius 1 is 1.00 bits per heavy atom. The van der Waals surface area contributed by atoms with Crippen LogP contribution < -0.4 is 10.6 Å². The number of benzene rings is 2. The second-order valence-corrected chi connectivity index (χ2v) is 8.10. The number of hydrogen-bond donors (Lipinski definition) is 2. The molecule has 30 heavy (non-hydrogen) atoms. The van der Waals surface area contributed by atoms with Gasteiger partial charge in [0.05, 0.1) is 17.6 Å². The molecular weight excluding hydrogens is 388 g/mol. The third-order valence-corrected chi connectivity index (χ3v) is 5.83. The molecule has 2 atom stereocenters. The van der Waals surface area contributed by atoms with Crippen LogP contribution in [0.3, 0.4) is 0 Å². The molecule has 0 radical (unpaired) electrons. The number of hydrogen-bond acceptors (Lipinski definition) is 2. The van der Waals surface area contributed by atoms with Crippen molar-refractivity contribution < 1.29 is 18.4 Å². The zero-order valence-electron chi connectivity index (χ0n) is 16.6. The summed E-state index contributed by atoms with van der Waals surface area (Å²) in [4.78, 5) is 27.3. The minimum Gasteiger partial charge on any atom is -0.356 e. The molecule has 3 amide bonds. The van der Waals surface area contributed by atoms with Gasteiger partial charge in [0.15, 0.2) is 0 Å². The van der Waals surface area contributed by atoms with Crippen molar-refractivity contribution >= 4 is 17.6 Å². The average molecular weight is 413 g/mol. The summed E-state index contributed by atoms with van der Waals surface area (Å²) < 4.78 is 27.2. The average Bonchev–Trinajstić information content (AvgIpc) is 3.59. The molecule has 1 aliphatic heterocycles. The smallest absolute Gasteiger partial charge is 0.322 e. The first-order chi connectivity index (χ1) is 14.5. The molecule has 2 aromatic carbocycles. The van der Waals surface area contributed by atoms with Crippen LogP contribution in [0.25, 0.3) is 0 Å². The van der Waals surface area contributed by atoms with Gasteiger partial charge < -0.3 is 15.5 Å². The van der Waals surface area contributed by atoms with Crippen LogP contribution in [0.15, 0.2) is 48.5 Å². The third kappa shape index (κ3) is 4.78. The predicted octanol–water partition coefficient (Wildman–Crippen LogP) is 4.48. The van der Waals surface area contributed by atoms with Gasteiger partial charge in [-0.15, -0.1) is 0 Å². The van der Waals surface area contributed by atoms with Crippen molar-refractivity contribution in [3.8, 4) is 0 Å². The summed E-state index contributed by atoms with van der Waals surface area (Å²) in [5.41, 5.74) is 0.873. The van der Waals surface area contributed by atoms with Gasteiger partial charge in [0, 0.05) is 19.2 Å². The van der Waals surface area contributed by atoms with E-state index < -0.39 is 17.7 Å². The number of nitrogens with zero attached hydrogens (tertiary/aromatic N) is 1. The molecule has 1 heterocycles. The first-order valence-corrected chi connectivity index (χ1v) is 10.4. The number of piperidine rings is 1. The van der Waals surface area contributed by atoms with Crippen molar-refractivity contribution in [1.82, 2.24) is 10.2 Å². The Labute approximate surface area is 174 Å². The van der Waals surface area contributed by atoms with Gasteiger partial charge in [-0.2, -0.15) is 0 Å². The molecule has 1 saturated carbocycles. The lowest BCUT2D eigenvalue weighted by Crippen LogP contribution is -2.48. The van der Waals surface area contributed by atoms with Gasteiger partial charge in [0.25, 0.3) is 0 Å². The van der Waals surface area contributed by atoms with Crippen LogP contribution in [0.4, 0.5) is 19.3 Å². The number of urea groups is 1. The molecule has 2 fully saturated rings. The summed E-state index contributed by atoms with van der Waals surface area (Å²) in [5, 5.41) is 5.53. The number of anilines is 1. The van der Waals surface area contributed by atoms with E-state index in [4.69, 9.17) is 0 Å². The number of nitrogens with one attached hydrogen (secondary N) is 2. The number of likely N-dealkylation sites (tertiary alicyclic amines) is 1. The van der Waals surface area contributed by atoms with Crippen LogP contribution >= 0.6 is 0 Å². The molecule has 1 aliphatic carbocycles. The Bertz CT molecular complexity index is 918. The Morgan fingerprint density at radius 3 is 2.47 bits per heavy atom. The molecular formula is C23H25F2N3O2. The SMILES string of the molecule is O=C(NCC1CC1)C1CCC(c2ccccc2)N(C(=O)Nc2ccc(F)cc2F)C1. The van der Waals surface area contributed by atoms with E-state index >= 15 is 0 Å². The fourth-order valence-corrected chi connectivity index (χ4v) is 3.92. The minimum atomic E-state index is -0.838. The van der Waals surface area contributed by atoms with Crippen LogP contribution in [-0.2, 0) is 4.79 Å². The normalized spacial score (nSPS) is 21.2. The molecule has 2 N–H and O–H groups in total. The molecule has 0 spiro atoms. The molecule has 158 valence electrons. The molecule has 4 rings (SSSR count). The van der Waals surface area contributed by atoms with E-state index in [1.54, 1.807) is 4.90 Å². The Kier molecular flexibility index (Phi) is 5.97. The summed E-state index contributed by atoms with van der Waals surface area (Å²) in [6, 6.07) is 11.9. The highest BCUT2D eigenvalue weighted by atomic mass is 19.1. The maximum Gasteiger partial charge on any atom is 0.322 e. The van der Waals surface area contributed by atoms with Crippen LogP contribution in [0, 0.1) is 23.5 Å². The van der Waals surface area contributed by atoms with E-state index in [1.165, 1.54) is 6.07 Å². The second-order valence-electron chi connectivity index (χ2n) is 8.10. The monoisotopic (exact) mass is 413 g/mol. The van der Waals surface area contributed by atoms with Gasteiger partial charge in [-0.1, -0.05) is 30.3 Å². The number of amides is 3. The largest absolute Gasteiger partial charge is 0.356 e. The summed E-state index contributed by atoms with van der Waals surface area (Å²) in [6.45, 7) is 0.926. The van der Waals surface area contributed by atoms with Crippen molar-refractivity contribution in [2.75, 3.05) is 18.4 Å². The van der Waals surface area contributed by atoms with Gasteiger partial charge in [-0.25, -0.2) is 13.6 Å². The number of rotatable bonds is 5. The van der Waals surface area contributed by atoms with E-state index in [9.17, 15) is 18.4 Å². The summed E-state index contributed by atoms with van der Waals surface area (Å²) >= 11 is 0. The van der Waals surface area contributed by atoms with Crippen molar-refractivity contribution in [3.05, 3.63) is 65.7 Å². The Morgan fingerprint density at radius 2 is 1.77 bits per heavy atom. The molecule has 0 bridgehead atoms. The standard InChI is InChI=1S/C23H25F2N3O2/c24-18-9-10-20(19(25)12-18)27-23(30)28-14-17(22(29)26-13-15-6-7-15)8-11-21(28)16-4-2-1-3-5-16/h1-5,9-10,12,15,17,21H,6-8,11,13-14H2,(H,26,29)(H,27,30). The zero-order valence-corrected chi connectivity index (χ0v) is 16.6. The van der Waals surface area contributed by atoms with Gasteiger partial charge in [-0.3, -0.25) is 4.79 Å². The maximum absolute atomic E-state index is 14.0. The molecule has 2 unspecified atom stereocenters. The Hall–Kier alpha value is -2.96. The van der Waals surface area contributed by atoms with Crippen molar-refractivity contribution in [2.45, 2.75) is 31.7 Å². The second kappa shape index (κ2) is 8.81. The van der Waals surface area contributed by atoms with E-state index in [0.717, 1.165) is 30.5 Å². The fourth-order valence-electron chi connectivity index (χ4n) is 3.92. The minimum absolute atomic E-state index is 0.0424. The number of carbonyl (C=O) groups excluding carboxylic acids is 2. The summed E-state index contributed by atoms with van der Waals surface area (Å²) in [6.07, 6.45) is 3.60.